The molecule has 0 radical (unpaired) electrons. The van der Waals surface area contributed by atoms with E-state index in [9.17, 15) is 4.79 Å². The predicted octanol–water partition coefficient (Wildman–Crippen LogP) is 4.58. The van der Waals surface area contributed by atoms with Crippen LogP contribution in [0.3, 0.4) is 0 Å². The number of aromatic nitrogens is 2. The van der Waals surface area contributed by atoms with E-state index in [1.54, 1.807) is 18.2 Å². The molecule has 0 amide bonds. The molecule has 0 bridgehead atoms. The first-order chi connectivity index (χ1) is 12.4. The molecule has 0 spiro atoms. The van der Waals surface area contributed by atoms with Gasteiger partial charge < -0.3 is 9.64 Å². The molecule has 0 aliphatic heterocycles. The Hall–Kier alpha value is -2.66. The number of methoxy groups -OCH3 is 1. The molecule has 0 saturated heterocycles. The van der Waals surface area contributed by atoms with Gasteiger partial charge in [0.25, 0.3) is 0 Å². The molecule has 1 heterocycles. The van der Waals surface area contributed by atoms with Gasteiger partial charge in [0.2, 0.25) is 0 Å². The first-order valence-corrected chi connectivity index (χ1v) is 8.67. The molecule has 6 heteroatoms. The van der Waals surface area contributed by atoms with Crippen LogP contribution in [0.5, 0.6) is 0 Å². The van der Waals surface area contributed by atoms with E-state index in [1.807, 2.05) is 31.3 Å². The highest BCUT2D eigenvalue weighted by Gasteiger charge is 2.18. The fourth-order valence-corrected chi connectivity index (χ4v) is 2.71. The molecule has 5 nitrogen and oxygen atoms in total. The second-order valence-electron chi connectivity index (χ2n) is 6.30. The number of fused-ring (bicyclic) bond motifs is 1. The van der Waals surface area contributed by atoms with E-state index < -0.39 is 5.97 Å². The minimum absolute atomic E-state index is 0.233. The number of esters is 1. The summed E-state index contributed by atoms with van der Waals surface area (Å²) in [5.41, 5.74) is 3.52. The van der Waals surface area contributed by atoms with Crippen molar-refractivity contribution >= 4 is 34.4 Å². The molecule has 26 heavy (non-hydrogen) atoms. The largest absolute Gasteiger partial charge is 0.465 e. The molecule has 0 aliphatic carbocycles. The van der Waals surface area contributed by atoms with E-state index in [0.29, 0.717) is 21.6 Å². The van der Waals surface area contributed by atoms with Crippen LogP contribution in [0, 0.1) is 0 Å². The first kappa shape index (κ1) is 18.1. The first-order valence-electron chi connectivity index (χ1n) is 8.29. The monoisotopic (exact) mass is 369 g/mol. The molecule has 0 N–H and O–H groups in total. The smallest absolute Gasteiger partial charge is 0.337 e. The van der Waals surface area contributed by atoms with Gasteiger partial charge in [-0.1, -0.05) is 23.7 Å². The Labute approximate surface area is 157 Å². The molecule has 1 aromatic heterocycles. The standard InChI is InChI=1S/C20H20ClN3O2/c1-12(2)24(3)19-18(13-5-8-15(21)9-6-13)22-16-10-7-14(20(25)26-4)11-17(16)23-19/h5-12H,1-4H3. The van der Waals surface area contributed by atoms with Crippen LogP contribution in [-0.4, -0.2) is 36.1 Å². The Bertz CT molecular complexity index is 955. The normalized spacial score (nSPS) is 11.0. The second kappa shape index (κ2) is 7.30. The SMILES string of the molecule is COC(=O)c1ccc2nc(-c3ccc(Cl)cc3)c(N(C)C(C)C)nc2c1. The van der Waals surface area contributed by atoms with Crippen molar-refractivity contribution in [3.05, 3.63) is 53.1 Å². The molecule has 3 rings (SSSR count). The average molecular weight is 370 g/mol. The number of nitrogens with zero attached hydrogens (tertiary/aromatic N) is 3. The van der Waals surface area contributed by atoms with Gasteiger partial charge in [-0.25, -0.2) is 14.8 Å². The van der Waals surface area contributed by atoms with Gasteiger partial charge in [0.1, 0.15) is 5.69 Å². The number of hydrogen-bond donors (Lipinski definition) is 0. The van der Waals surface area contributed by atoms with Crippen molar-refractivity contribution in [3.63, 3.8) is 0 Å². The van der Waals surface area contributed by atoms with Gasteiger partial charge in [0.15, 0.2) is 5.82 Å². The van der Waals surface area contributed by atoms with E-state index in [2.05, 4.69) is 18.7 Å². The number of rotatable bonds is 4. The molecule has 3 aromatic rings. The van der Waals surface area contributed by atoms with Gasteiger partial charge in [0.05, 0.1) is 23.7 Å². The molecule has 134 valence electrons. The summed E-state index contributed by atoms with van der Waals surface area (Å²) in [6.45, 7) is 4.17. The maximum atomic E-state index is 11.8. The lowest BCUT2D eigenvalue weighted by molar-refractivity contribution is 0.0601. The summed E-state index contributed by atoms with van der Waals surface area (Å²) in [5.74, 6) is 0.353. The van der Waals surface area contributed by atoms with Crippen LogP contribution in [0.15, 0.2) is 42.5 Å². The van der Waals surface area contributed by atoms with Gasteiger partial charge >= 0.3 is 5.97 Å². The van der Waals surface area contributed by atoms with Gasteiger partial charge in [-0.3, -0.25) is 0 Å². The fourth-order valence-electron chi connectivity index (χ4n) is 2.58. The summed E-state index contributed by atoms with van der Waals surface area (Å²) in [5, 5.41) is 0.670. The van der Waals surface area contributed by atoms with Crippen LogP contribution in [0.25, 0.3) is 22.3 Å². The maximum Gasteiger partial charge on any atom is 0.337 e. The van der Waals surface area contributed by atoms with Crippen LogP contribution < -0.4 is 4.90 Å². The average Bonchev–Trinajstić information content (AvgIpc) is 2.65. The Balaban J connectivity index is 2.23. The fraction of sp³-hybridized carbons (Fsp3) is 0.250. The molecular weight excluding hydrogens is 350 g/mol. The summed E-state index contributed by atoms with van der Waals surface area (Å²) in [6, 6.07) is 12.9. The van der Waals surface area contributed by atoms with Gasteiger partial charge in [-0.2, -0.15) is 0 Å². The zero-order valence-corrected chi connectivity index (χ0v) is 15.9. The van der Waals surface area contributed by atoms with Crippen molar-refractivity contribution in [2.45, 2.75) is 19.9 Å². The molecule has 0 saturated carbocycles. The van der Waals surface area contributed by atoms with Crippen molar-refractivity contribution in [3.8, 4) is 11.3 Å². The third kappa shape index (κ3) is 3.48. The Morgan fingerprint density at radius 3 is 2.38 bits per heavy atom. The maximum absolute atomic E-state index is 11.8. The van der Waals surface area contributed by atoms with Crippen molar-refractivity contribution in [1.82, 2.24) is 9.97 Å². The van der Waals surface area contributed by atoms with Gasteiger partial charge in [-0.15, -0.1) is 0 Å². The molecule has 0 fully saturated rings. The molecule has 0 aliphatic rings. The van der Waals surface area contributed by atoms with E-state index in [0.717, 1.165) is 17.1 Å². The summed E-state index contributed by atoms with van der Waals surface area (Å²) in [6.07, 6.45) is 0. The zero-order valence-electron chi connectivity index (χ0n) is 15.2. The summed E-state index contributed by atoms with van der Waals surface area (Å²) < 4.78 is 4.80. The third-order valence-corrected chi connectivity index (χ3v) is 4.55. The number of hydrogen-bond acceptors (Lipinski definition) is 5. The minimum Gasteiger partial charge on any atom is -0.465 e. The number of anilines is 1. The lowest BCUT2D eigenvalue weighted by Crippen LogP contribution is -2.27. The van der Waals surface area contributed by atoms with Crippen LogP contribution >= 0.6 is 11.6 Å². The molecule has 0 atom stereocenters. The Morgan fingerprint density at radius 1 is 1.08 bits per heavy atom. The number of carbonyl (C=O) groups is 1. The van der Waals surface area contributed by atoms with Crippen molar-refractivity contribution in [1.29, 1.82) is 0 Å². The third-order valence-electron chi connectivity index (χ3n) is 4.29. The number of carbonyl (C=O) groups excluding carboxylic acids is 1. The van der Waals surface area contributed by atoms with Crippen LogP contribution in [0.1, 0.15) is 24.2 Å². The Kier molecular flexibility index (Phi) is 5.09. The lowest BCUT2D eigenvalue weighted by atomic mass is 10.1. The second-order valence-corrected chi connectivity index (χ2v) is 6.74. The Morgan fingerprint density at radius 2 is 1.77 bits per heavy atom. The highest BCUT2D eigenvalue weighted by Crippen LogP contribution is 2.31. The van der Waals surface area contributed by atoms with E-state index in [1.165, 1.54) is 7.11 Å². The molecular formula is C20H20ClN3O2. The van der Waals surface area contributed by atoms with Crippen molar-refractivity contribution in [2.75, 3.05) is 19.1 Å². The minimum atomic E-state index is -0.394. The lowest BCUT2D eigenvalue weighted by Gasteiger charge is -2.25. The quantitative estimate of drug-likeness (QED) is 0.630. The number of benzene rings is 2. The van der Waals surface area contributed by atoms with Gasteiger partial charge in [0, 0.05) is 23.7 Å². The van der Waals surface area contributed by atoms with Crippen LogP contribution in [0.2, 0.25) is 5.02 Å². The molecule has 0 unspecified atom stereocenters. The van der Waals surface area contributed by atoms with Crippen LogP contribution in [-0.2, 0) is 4.74 Å². The highest BCUT2D eigenvalue weighted by molar-refractivity contribution is 6.30. The molecule has 2 aromatic carbocycles. The number of halogens is 1. The van der Waals surface area contributed by atoms with Gasteiger partial charge in [-0.05, 0) is 44.2 Å². The topological polar surface area (TPSA) is 55.3 Å². The zero-order chi connectivity index (χ0) is 18.8. The summed E-state index contributed by atoms with van der Waals surface area (Å²) in [4.78, 5) is 23.5. The van der Waals surface area contributed by atoms with E-state index in [4.69, 9.17) is 26.3 Å². The summed E-state index contributed by atoms with van der Waals surface area (Å²) in [7, 11) is 3.34. The van der Waals surface area contributed by atoms with Crippen molar-refractivity contribution < 1.29 is 9.53 Å². The summed E-state index contributed by atoms with van der Waals surface area (Å²) >= 11 is 6.02. The predicted molar refractivity (Wildman–Crippen MR) is 105 cm³/mol. The van der Waals surface area contributed by atoms with Crippen LogP contribution in [0.4, 0.5) is 5.82 Å². The highest BCUT2D eigenvalue weighted by atomic mass is 35.5. The van der Waals surface area contributed by atoms with E-state index >= 15 is 0 Å². The van der Waals surface area contributed by atoms with E-state index in [-0.39, 0.29) is 6.04 Å². The van der Waals surface area contributed by atoms with Crippen molar-refractivity contribution in [2.24, 2.45) is 0 Å². The number of ether oxygens (including phenoxy) is 1.